The lowest BCUT2D eigenvalue weighted by atomic mass is 10.1. The topological polar surface area (TPSA) is 48.5 Å². The van der Waals surface area contributed by atoms with E-state index in [9.17, 15) is 4.79 Å². The molecule has 0 radical (unpaired) electrons. The van der Waals surface area contributed by atoms with E-state index in [2.05, 4.69) is 40.3 Å². The van der Waals surface area contributed by atoms with Gasteiger partial charge in [0.1, 0.15) is 0 Å². The fourth-order valence-electron chi connectivity index (χ4n) is 3.05. The number of rotatable bonds is 5. The SMILES string of the molecule is CCCCc1ccc(NC(=O)N2CCN(c3cccnc3)CC2)cc1. The molecule has 0 bridgehead atoms. The molecule has 5 nitrogen and oxygen atoms in total. The molecule has 0 unspecified atom stereocenters. The third kappa shape index (κ3) is 4.72. The molecule has 1 aliphatic rings. The zero-order valence-electron chi connectivity index (χ0n) is 14.8. The van der Waals surface area contributed by atoms with E-state index < -0.39 is 0 Å². The third-order valence-electron chi connectivity index (χ3n) is 4.60. The number of piperazine rings is 1. The fourth-order valence-corrected chi connectivity index (χ4v) is 3.05. The molecule has 1 aromatic carbocycles. The first-order valence-corrected chi connectivity index (χ1v) is 9.06. The van der Waals surface area contributed by atoms with Gasteiger partial charge in [0, 0.05) is 38.1 Å². The van der Waals surface area contributed by atoms with E-state index in [0.29, 0.717) is 0 Å². The molecule has 1 saturated heterocycles. The summed E-state index contributed by atoms with van der Waals surface area (Å²) < 4.78 is 0. The molecule has 132 valence electrons. The second kappa shape index (κ2) is 8.51. The Morgan fingerprint density at radius 1 is 1.12 bits per heavy atom. The summed E-state index contributed by atoms with van der Waals surface area (Å²) in [5, 5.41) is 3.01. The maximum absolute atomic E-state index is 12.5. The van der Waals surface area contributed by atoms with Crippen molar-refractivity contribution in [2.45, 2.75) is 26.2 Å². The van der Waals surface area contributed by atoms with Crippen LogP contribution in [-0.4, -0.2) is 42.1 Å². The molecule has 2 heterocycles. The minimum Gasteiger partial charge on any atom is -0.367 e. The Bertz CT molecular complexity index is 664. The van der Waals surface area contributed by atoms with Crippen molar-refractivity contribution in [2.75, 3.05) is 36.4 Å². The van der Waals surface area contributed by atoms with Gasteiger partial charge in [0.15, 0.2) is 0 Å². The smallest absolute Gasteiger partial charge is 0.321 e. The van der Waals surface area contributed by atoms with E-state index in [1.54, 1.807) is 6.20 Å². The van der Waals surface area contributed by atoms with Crippen molar-refractivity contribution in [1.82, 2.24) is 9.88 Å². The summed E-state index contributed by atoms with van der Waals surface area (Å²) in [7, 11) is 0. The molecule has 0 saturated carbocycles. The molecular formula is C20H26N4O. The number of nitrogens with zero attached hydrogens (tertiary/aromatic N) is 3. The van der Waals surface area contributed by atoms with E-state index in [0.717, 1.165) is 44.0 Å². The average molecular weight is 338 g/mol. The standard InChI is InChI=1S/C20H26N4O/c1-2-3-5-17-7-9-18(10-8-17)22-20(25)24-14-12-23(13-15-24)19-6-4-11-21-16-19/h4,6-11,16H,2-3,5,12-15H2,1H3,(H,22,25). The van der Waals surface area contributed by atoms with Crippen molar-refractivity contribution in [3.05, 3.63) is 54.4 Å². The summed E-state index contributed by atoms with van der Waals surface area (Å²) in [5.74, 6) is 0. The molecule has 0 spiro atoms. The van der Waals surface area contributed by atoms with Crippen LogP contribution < -0.4 is 10.2 Å². The number of anilines is 2. The number of urea groups is 1. The van der Waals surface area contributed by atoms with Gasteiger partial charge in [-0.05, 0) is 42.7 Å². The van der Waals surface area contributed by atoms with Crippen LogP contribution in [0.5, 0.6) is 0 Å². The third-order valence-corrected chi connectivity index (χ3v) is 4.60. The van der Waals surface area contributed by atoms with Gasteiger partial charge < -0.3 is 15.1 Å². The first kappa shape index (κ1) is 17.3. The van der Waals surface area contributed by atoms with Crippen molar-refractivity contribution in [2.24, 2.45) is 0 Å². The molecule has 0 aliphatic carbocycles. The van der Waals surface area contributed by atoms with E-state index in [1.165, 1.54) is 18.4 Å². The summed E-state index contributed by atoms with van der Waals surface area (Å²) >= 11 is 0. The van der Waals surface area contributed by atoms with Gasteiger partial charge in [0.25, 0.3) is 0 Å². The lowest BCUT2D eigenvalue weighted by Gasteiger charge is -2.35. The summed E-state index contributed by atoms with van der Waals surface area (Å²) in [6, 6.07) is 12.2. The second-order valence-corrected chi connectivity index (χ2v) is 6.42. The summed E-state index contributed by atoms with van der Waals surface area (Å²) in [5.41, 5.74) is 3.30. The van der Waals surface area contributed by atoms with Gasteiger partial charge in [-0.3, -0.25) is 4.98 Å². The zero-order valence-corrected chi connectivity index (χ0v) is 14.8. The van der Waals surface area contributed by atoms with Crippen LogP contribution in [-0.2, 0) is 6.42 Å². The van der Waals surface area contributed by atoms with Crippen LogP contribution in [0.4, 0.5) is 16.2 Å². The predicted molar refractivity (Wildman–Crippen MR) is 102 cm³/mol. The van der Waals surface area contributed by atoms with Gasteiger partial charge in [-0.2, -0.15) is 0 Å². The molecule has 1 aliphatic heterocycles. The van der Waals surface area contributed by atoms with Crippen LogP contribution in [0.1, 0.15) is 25.3 Å². The molecule has 25 heavy (non-hydrogen) atoms. The minimum atomic E-state index is -0.0212. The number of unbranched alkanes of at least 4 members (excludes halogenated alkanes) is 1. The van der Waals surface area contributed by atoms with Crippen molar-refractivity contribution < 1.29 is 4.79 Å². The molecule has 2 aromatic rings. The maximum atomic E-state index is 12.5. The van der Waals surface area contributed by atoms with Crippen LogP contribution in [0.3, 0.4) is 0 Å². The first-order valence-electron chi connectivity index (χ1n) is 9.06. The normalized spacial score (nSPS) is 14.4. The fraction of sp³-hybridized carbons (Fsp3) is 0.400. The average Bonchev–Trinajstić information content (AvgIpc) is 2.68. The number of aromatic nitrogens is 1. The van der Waals surface area contributed by atoms with Gasteiger partial charge in [-0.1, -0.05) is 25.5 Å². The Labute approximate surface area is 149 Å². The number of hydrogen-bond acceptors (Lipinski definition) is 3. The highest BCUT2D eigenvalue weighted by Crippen LogP contribution is 2.16. The molecular weight excluding hydrogens is 312 g/mol. The highest BCUT2D eigenvalue weighted by Gasteiger charge is 2.21. The van der Waals surface area contributed by atoms with Crippen LogP contribution >= 0.6 is 0 Å². The maximum Gasteiger partial charge on any atom is 0.321 e. The number of amides is 2. The molecule has 0 atom stereocenters. The lowest BCUT2D eigenvalue weighted by Crippen LogP contribution is -2.50. The van der Waals surface area contributed by atoms with Crippen molar-refractivity contribution in [1.29, 1.82) is 0 Å². The molecule has 1 N–H and O–H groups in total. The number of carbonyl (C=O) groups excluding carboxylic acids is 1. The van der Waals surface area contributed by atoms with Crippen molar-refractivity contribution >= 4 is 17.4 Å². The lowest BCUT2D eigenvalue weighted by molar-refractivity contribution is 0.208. The molecule has 2 amide bonds. The first-order chi connectivity index (χ1) is 12.3. The number of aryl methyl sites for hydroxylation is 1. The Balaban J connectivity index is 1.49. The van der Waals surface area contributed by atoms with Crippen molar-refractivity contribution in [3.8, 4) is 0 Å². The minimum absolute atomic E-state index is 0.0212. The Morgan fingerprint density at radius 3 is 2.52 bits per heavy atom. The van der Waals surface area contributed by atoms with Crippen LogP contribution in [0.2, 0.25) is 0 Å². The number of nitrogens with one attached hydrogen (secondary N) is 1. The van der Waals surface area contributed by atoms with E-state index in [4.69, 9.17) is 0 Å². The summed E-state index contributed by atoms with van der Waals surface area (Å²) in [6.07, 6.45) is 7.15. The number of hydrogen-bond donors (Lipinski definition) is 1. The number of carbonyl (C=O) groups is 1. The largest absolute Gasteiger partial charge is 0.367 e. The van der Waals surface area contributed by atoms with Gasteiger partial charge in [0.05, 0.1) is 11.9 Å². The predicted octanol–water partition coefficient (Wildman–Crippen LogP) is 3.78. The highest BCUT2D eigenvalue weighted by atomic mass is 16.2. The zero-order chi connectivity index (χ0) is 17.5. The van der Waals surface area contributed by atoms with Crippen LogP contribution in [0.25, 0.3) is 0 Å². The number of benzene rings is 1. The summed E-state index contributed by atoms with van der Waals surface area (Å²) in [4.78, 5) is 20.7. The van der Waals surface area contributed by atoms with E-state index in [1.807, 2.05) is 29.3 Å². The Morgan fingerprint density at radius 2 is 1.88 bits per heavy atom. The second-order valence-electron chi connectivity index (χ2n) is 6.42. The van der Waals surface area contributed by atoms with Crippen LogP contribution in [0, 0.1) is 0 Å². The molecule has 1 aromatic heterocycles. The van der Waals surface area contributed by atoms with Gasteiger partial charge in [0.2, 0.25) is 0 Å². The molecule has 1 fully saturated rings. The number of pyridine rings is 1. The van der Waals surface area contributed by atoms with Crippen molar-refractivity contribution in [3.63, 3.8) is 0 Å². The monoisotopic (exact) mass is 338 g/mol. The quantitative estimate of drug-likeness (QED) is 0.902. The highest BCUT2D eigenvalue weighted by molar-refractivity contribution is 5.89. The van der Waals surface area contributed by atoms with Gasteiger partial charge >= 0.3 is 6.03 Å². The van der Waals surface area contributed by atoms with E-state index in [-0.39, 0.29) is 6.03 Å². The van der Waals surface area contributed by atoms with Crippen LogP contribution in [0.15, 0.2) is 48.8 Å². The summed E-state index contributed by atoms with van der Waals surface area (Å²) in [6.45, 7) is 5.29. The Hall–Kier alpha value is -2.56. The van der Waals surface area contributed by atoms with Gasteiger partial charge in [-0.25, -0.2) is 4.79 Å². The van der Waals surface area contributed by atoms with E-state index >= 15 is 0 Å². The van der Waals surface area contributed by atoms with Gasteiger partial charge in [-0.15, -0.1) is 0 Å². The molecule has 5 heteroatoms. The Kier molecular flexibility index (Phi) is 5.88. The molecule has 3 rings (SSSR count).